The van der Waals surface area contributed by atoms with Gasteiger partial charge in [0, 0.05) is 25.0 Å². The van der Waals surface area contributed by atoms with Crippen molar-refractivity contribution in [1.82, 2.24) is 15.2 Å². The number of carbonyl (C=O) groups excluding carboxylic acids is 1. The Bertz CT molecular complexity index is 989. The molecule has 4 nitrogen and oxygen atoms in total. The lowest BCUT2D eigenvalue weighted by molar-refractivity contribution is -0.116. The fourth-order valence-electron chi connectivity index (χ4n) is 5.04. The Hall–Kier alpha value is -3.24. The van der Waals surface area contributed by atoms with E-state index in [1.54, 1.807) is 24.5 Å². The molecule has 0 atom stereocenters. The summed E-state index contributed by atoms with van der Waals surface area (Å²) < 4.78 is 0. The highest BCUT2D eigenvalue weighted by molar-refractivity contribution is 5.91. The van der Waals surface area contributed by atoms with Crippen molar-refractivity contribution in [3.63, 3.8) is 0 Å². The summed E-state index contributed by atoms with van der Waals surface area (Å²) in [5, 5.41) is 2.99. The van der Waals surface area contributed by atoms with Crippen molar-refractivity contribution in [2.75, 3.05) is 19.6 Å². The van der Waals surface area contributed by atoms with Crippen LogP contribution in [0, 0.1) is 5.92 Å². The number of nitrogens with zero attached hydrogens (tertiary/aromatic N) is 2. The van der Waals surface area contributed by atoms with Gasteiger partial charge < -0.3 is 5.32 Å². The SMILES string of the molecule is O=C(/C=C\c1cccnc1)NCCCCCC1CCN(C(c2ccccc2)c2ccccc2)CC1. The molecular formula is C31H37N3O. The lowest BCUT2D eigenvalue weighted by Gasteiger charge is -2.38. The number of aromatic nitrogens is 1. The Labute approximate surface area is 210 Å². The second-order valence-corrected chi connectivity index (χ2v) is 9.46. The fraction of sp³-hybridized carbons (Fsp3) is 0.355. The van der Waals surface area contributed by atoms with Crippen molar-refractivity contribution in [2.24, 2.45) is 5.92 Å². The number of carbonyl (C=O) groups is 1. The van der Waals surface area contributed by atoms with Crippen molar-refractivity contribution in [1.29, 1.82) is 0 Å². The molecule has 1 aliphatic rings. The summed E-state index contributed by atoms with van der Waals surface area (Å²) in [4.78, 5) is 18.7. The molecule has 1 aliphatic heterocycles. The van der Waals surface area contributed by atoms with E-state index >= 15 is 0 Å². The van der Waals surface area contributed by atoms with E-state index in [0.29, 0.717) is 6.04 Å². The van der Waals surface area contributed by atoms with Crippen molar-refractivity contribution in [3.8, 4) is 0 Å². The number of unbranched alkanes of at least 4 members (excludes halogenated alkanes) is 2. The largest absolute Gasteiger partial charge is 0.353 e. The number of amides is 1. The van der Waals surface area contributed by atoms with Gasteiger partial charge in [-0.25, -0.2) is 0 Å². The third-order valence-electron chi connectivity index (χ3n) is 6.94. The fourth-order valence-corrected chi connectivity index (χ4v) is 5.04. The van der Waals surface area contributed by atoms with Crippen LogP contribution in [0.2, 0.25) is 0 Å². The highest BCUT2D eigenvalue weighted by atomic mass is 16.1. The van der Waals surface area contributed by atoms with Gasteiger partial charge in [-0.2, -0.15) is 0 Å². The van der Waals surface area contributed by atoms with E-state index < -0.39 is 0 Å². The highest BCUT2D eigenvalue weighted by Gasteiger charge is 2.27. The van der Waals surface area contributed by atoms with Crippen LogP contribution in [0.15, 0.2) is 91.3 Å². The molecule has 182 valence electrons. The summed E-state index contributed by atoms with van der Waals surface area (Å²) >= 11 is 0. The molecule has 2 heterocycles. The molecule has 0 unspecified atom stereocenters. The second-order valence-electron chi connectivity index (χ2n) is 9.46. The molecular weight excluding hydrogens is 430 g/mol. The molecule has 2 aromatic carbocycles. The summed E-state index contributed by atoms with van der Waals surface area (Å²) in [6.07, 6.45) is 14.1. The number of benzene rings is 2. The van der Waals surface area contributed by atoms with Crippen molar-refractivity contribution < 1.29 is 4.79 Å². The lowest BCUT2D eigenvalue weighted by Crippen LogP contribution is -2.37. The van der Waals surface area contributed by atoms with Crippen LogP contribution >= 0.6 is 0 Å². The quantitative estimate of drug-likeness (QED) is 0.267. The maximum atomic E-state index is 12.0. The molecule has 0 saturated carbocycles. The molecule has 35 heavy (non-hydrogen) atoms. The number of hydrogen-bond acceptors (Lipinski definition) is 3. The minimum absolute atomic E-state index is 0.0346. The predicted molar refractivity (Wildman–Crippen MR) is 144 cm³/mol. The first-order valence-corrected chi connectivity index (χ1v) is 13.0. The molecule has 4 heteroatoms. The van der Waals surface area contributed by atoms with Gasteiger partial charge in [-0.3, -0.25) is 14.7 Å². The summed E-state index contributed by atoms with van der Waals surface area (Å²) in [5.74, 6) is 0.781. The van der Waals surface area contributed by atoms with Crippen LogP contribution in [-0.2, 0) is 4.79 Å². The van der Waals surface area contributed by atoms with Gasteiger partial charge in [0.15, 0.2) is 0 Å². The normalized spacial score (nSPS) is 15.0. The topological polar surface area (TPSA) is 45.2 Å². The van der Waals surface area contributed by atoms with Gasteiger partial charge in [-0.05, 0) is 67.1 Å². The summed E-state index contributed by atoms with van der Waals surface area (Å²) in [7, 11) is 0. The Morgan fingerprint density at radius 2 is 1.60 bits per heavy atom. The Kier molecular flexibility index (Phi) is 9.66. The summed E-state index contributed by atoms with van der Waals surface area (Å²) in [6, 6.07) is 26.0. The summed E-state index contributed by atoms with van der Waals surface area (Å²) in [6.45, 7) is 3.04. The zero-order valence-corrected chi connectivity index (χ0v) is 20.6. The number of piperidine rings is 1. The van der Waals surface area contributed by atoms with E-state index in [2.05, 4.69) is 75.9 Å². The minimum atomic E-state index is -0.0346. The third kappa shape index (κ3) is 7.90. The average Bonchev–Trinajstić information content (AvgIpc) is 2.92. The Morgan fingerprint density at radius 3 is 2.23 bits per heavy atom. The minimum Gasteiger partial charge on any atom is -0.353 e. The van der Waals surface area contributed by atoms with Gasteiger partial charge >= 0.3 is 0 Å². The molecule has 0 radical (unpaired) electrons. The van der Waals surface area contributed by atoms with Crippen LogP contribution < -0.4 is 5.32 Å². The first-order valence-electron chi connectivity index (χ1n) is 13.0. The summed E-state index contributed by atoms with van der Waals surface area (Å²) in [5.41, 5.74) is 3.71. The molecule has 3 aromatic rings. The smallest absolute Gasteiger partial charge is 0.243 e. The van der Waals surface area contributed by atoms with E-state index in [9.17, 15) is 4.79 Å². The Morgan fingerprint density at radius 1 is 0.914 bits per heavy atom. The molecule has 1 saturated heterocycles. The number of hydrogen-bond donors (Lipinski definition) is 1. The van der Waals surface area contributed by atoms with Gasteiger partial charge in [0.05, 0.1) is 6.04 Å². The monoisotopic (exact) mass is 467 g/mol. The Balaban J connectivity index is 1.14. The van der Waals surface area contributed by atoms with E-state index in [0.717, 1.165) is 37.5 Å². The van der Waals surface area contributed by atoms with Gasteiger partial charge in [0.25, 0.3) is 0 Å². The number of rotatable bonds is 11. The molecule has 0 spiro atoms. The third-order valence-corrected chi connectivity index (χ3v) is 6.94. The standard InChI is InChI=1S/C31H37N3O/c35-30(18-17-27-12-10-21-32-25-27)33-22-9-3-4-11-26-19-23-34(24-20-26)31(28-13-5-1-6-14-28)29-15-7-2-8-16-29/h1-2,5-8,10,12-18,21,25-26,31H,3-4,9,11,19-20,22-24H2,(H,33,35)/b18-17-. The zero-order valence-electron chi connectivity index (χ0n) is 20.6. The van der Waals surface area contributed by atoms with E-state index in [-0.39, 0.29) is 5.91 Å². The number of pyridine rings is 1. The highest BCUT2D eigenvalue weighted by Crippen LogP contribution is 2.33. The van der Waals surface area contributed by atoms with Crippen LogP contribution in [0.4, 0.5) is 0 Å². The molecule has 1 fully saturated rings. The number of nitrogens with one attached hydrogen (secondary N) is 1. The molecule has 1 amide bonds. The van der Waals surface area contributed by atoms with Crippen LogP contribution in [0.5, 0.6) is 0 Å². The maximum Gasteiger partial charge on any atom is 0.243 e. The second kappa shape index (κ2) is 13.6. The maximum absolute atomic E-state index is 12.0. The molecule has 0 bridgehead atoms. The van der Waals surface area contributed by atoms with Crippen LogP contribution in [0.25, 0.3) is 6.08 Å². The van der Waals surface area contributed by atoms with Gasteiger partial charge in [0.1, 0.15) is 0 Å². The molecule has 0 aliphatic carbocycles. The van der Waals surface area contributed by atoms with Crippen LogP contribution in [0.1, 0.15) is 61.3 Å². The first kappa shape index (κ1) is 24.9. The molecule has 1 N–H and O–H groups in total. The van der Waals surface area contributed by atoms with Crippen molar-refractivity contribution in [3.05, 3.63) is 108 Å². The van der Waals surface area contributed by atoms with E-state index in [1.165, 1.54) is 43.2 Å². The zero-order chi connectivity index (χ0) is 24.1. The van der Waals surface area contributed by atoms with Gasteiger partial charge in [0.2, 0.25) is 5.91 Å². The average molecular weight is 468 g/mol. The van der Waals surface area contributed by atoms with E-state index in [1.807, 2.05) is 12.1 Å². The van der Waals surface area contributed by atoms with Crippen LogP contribution in [0.3, 0.4) is 0 Å². The predicted octanol–water partition coefficient (Wildman–Crippen LogP) is 6.27. The van der Waals surface area contributed by atoms with Crippen molar-refractivity contribution >= 4 is 12.0 Å². The molecule has 4 rings (SSSR count). The number of likely N-dealkylation sites (tertiary alicyclic amines) is 1. The van der Waals surface area contributed by atoms with Gasteiger partial charge in [-0.1, -0.05) is 86.0 Å². The lowest BCUT2D eigenvalue weighted by atomic mass is 9.88. The van der Waals surface area contributed by atoms with Crippen molar-refractivity contribution in [2.45, 2.75) is 44.6 Å². The van der Waals surface area contributed by atoms with Crippen LogP contribution in [-0.4, -0.2) is 35.4 Å². The van der Waals surface area contributed by atoms with Gasteiger partial charge in [-0.15, -0.1) is 0 Å². The molecule has 1 aromatic heterocycles. The first-order chi connectivity index (χ1) is 17.3. The van der Waals surface area contributed by atoms with E-state index in [4.69, 9.17) is 0 Å².